The smallest absolute Gasteiger partial charge is 0.338 e. The summed E-state index contributed by atoms with van der Waals surface area (Å²) in [6, 6.07) is 7.38. The lowest BCUT2D eigenvalue weighted by atomic mass is 10.1. The highest BCUT2D eigenvalue weighted by atomic mass is 16.5. The van der Waals surface area contributed by atoms with Crippen LogP contribution in [0.2, 0.25) is 0 Å². The highest BCUT2D eigenvalue weighted by Gasteiger charge is 2.05. The third kappa shape index (κ3) is 4.13. The third-order valence-corrected chi connectivity index (χ3v) is 2.06. The van der Waals surface area contributed by atoms with E-state index in [0.29, 0.717) is 12.2 Å². The molecule has 0 saturated carbocycles. The highest BCUT2D eigenvalue weighted by molar-refractivity contribution is 5.89. The van der Waals surface area contributed by atoms with Crippen LogP contribution in [0, 0.1) is 6.92 Å². The van der Waals surface area contributed by atoms with E-state index in [1.165, 1.54) is 0 Å². The number of rotatable bonds is 4. The van der Waals surface area contributed by atoms with E-state index >= 15 is 0 Å². The van der Waals surface area contributed by atoms with Crippen molar-refractivity contribution in [3.05, 3.63) is 35.4 Å². The summed E-state index contributed by atoms with van der Waals surface area (Å²) >= 11 is 0. The molecule has 0 fully saturated rings. The summed E-state index contributed by atoms with van der Waals surface area (Å²) in [4.78, 5) is 13.5. The number of esters is 1. The number of nitrogens with zero attached hydrogens (tertiary/aromatic N) is 1. The van der Waals surface area contributed by atoms with Crippen LogP contribution >= 0.6 is 0 Å². The van der Waals surface area contributed by atoms with Gasteiger partial charge in [-0.15, -0.1) is 0 Å². The standard InChI is InChI=1S/C12H17NO2/c1-10-4-6-11(7-5-10)12(14)15-9-8-13(2)3/h4-7H,8-9H2,1-3H3. The molecule has 1 aromatic rings. The Morgan fingerprint density at radius 3 is 2.40 bits per heavy atom. The van der Waals surface area contributed by atoms with Crippen LogP contribution in [-0.4, -0.2) is 38.1 Å². The average Bonchev–Trinajstić information content (AvgIpc) is 2.18. The molecular formula is C12H17NO2. The number of hydrogen-bond donors (Lipinski definition) is 0. The summed E-state index contributed by atoms with van der Waals surface area (Å²) in [5.41, 5.74) is 1.75. The van der Waals surface area contributed by atoms with Gasteiger partial charge >= 0.3 is 5.97 Å². The predicted molar refractivity (Wildman–Crippen MR) is 60.0 cm³/mol. The molecule has 0 aliphatic carbocycles. The van der Waals surface area contributed by atoms with Crippen LogP contribution in [0.15, 0.2) is 24.3 Å². The van der Waals surface area contributed by atoms with Gasteiger partial charge in [0, 0.05) is 6.54 Å². The van der Waals surface area contributed by atoms with E-state index in [9.17, 15) is 4.79 Å². The second-order valence-electron chi connectivity index (χ2n) is 3.81. The van der Waals surface area contributed by atoms with Crippen molar-refractivity contribution in [1.29, 1.82) is 0 Å². The molecule has 0 amide bonds. The second kappa shape index (κ2) is 5.51. The number of likely N-dealkylation sites (N-methyl/N-ethyl adjacent to an activating group) is 1. The Kier molecular flexibility index (Phi) is 4.31. The van der Waals surface area contributed by atoms with Crippen LogP contribution in [0.3, 0.4) is 0 Å². The molecule has 3 nitrogen and oxygen atoms in total. The minimum absolute atomic E-state index is 0.253. The van der Waals surface area contributed by atoms with Gasteiger partial charge in [-0.1, -0.05) is 17.7 Å². The molecule has 0 heterocycles. The van der Waals surface area contributed by atoms with Gasteiger partial charge in [0.25, 0.3) is 0 Å². The van der Waals surface area contributed by atoms with Crippen LogP contribution in [0.25, 0.3) is 0 Å². The first-order valence-corrected chi connectivity index (χ1v) is 4.98. The Hall–Kier alpha value is -1.35. The second-order valence-corrected chi connectivity index (χ2v) is 3.81. The summed E-state index contributed by atoms with van der Waals surface area (Å²) < 4.78 is 5.10. The first-order chi connectivity index (χ1) is 7.09. The van der Waals surface area contributed by atoms with Gasteiger partial charge < -0.3 is 9.64 Å². The van der Waals surface area contributed by atoms with Crippen LogP contribution in [0.4, 0.5) is 0 Å². The quantitative estimate of drug-likeness (QED) is 0.704. The molecule has 0 bridgehead atoms. The molecule has 0 radical (unpaired) electrons. The minimum atomic E-state index is -0.253. The van der Waals surface area contributed by atoms with E-state index in [4.69, 9.17) is 4.74 Å². The van der Waals surface area contributed by atoms with Crippen molar-refractivity contribution in [2.24, 2.45) is 0 Å². The lowest BCUT2D eigenvalue weighted by Gasteiger charge is -2.09. The zero-order chi connectivity index (χ0) is 11.3. The summed E-state index contributed by atoms with van der Waals surface area (Å²) in [7, 11) is 3.89. The minimum Gasteiger partial charge on any atom is -0.461 e. The Balaban J connectivity index is 2.43. The van der Waals surface area contributed by atoms with Gasteiger partial charge in [-0.2, -0.15) is 0 Å². The Bertz CT molecular complexity index is 317. The predicted octanol–water partition coefficient (Wildman–Crippen LogP) is 1.71. The largest absolute Gasteiger partial charge is 0.461 e. The molecule has 0 aromatic heterocycles. The average molecular weight is 207 g/mol. The van der Waals surface area contributed by atoms with Crippen molar-refractivity contribution in [2.45, 2.75) is 6.92 Å². The maximum atomic E-state index is 11.5. The topological polar surface area (TPSA) is 29.5 Å². The summed E-state index contributed by atoms with van der Waals surface area (Å²) in [5.74, 6) is -0.253. The number of hydrogen-bond acceptors (Lipinski definition) is 3. The molecule has 1 rings (SSSR count). The van der Waals surface area contributed by atoms with Crippen molar-refractivity contribution >= 4 is 5.97 Å². The van der Waals surface area contributed by atoms with Gasteiger partial charge in [-0.05, 0) is 33.2 Å². The maximum Gasteiger partial charge on any atom is 0.338 e. The van der Waals surface area contributed by atoms with Crippen molar-refractivity contribution < 1.29 is 9.53 Å². The van der Waals surface area contributed by atoms with Crippen molar-refractivity contribution in [3.8, 4) is 0 Å². The Labute approximate surface area is 90.7 Å². The van der Waals surface area contributed by atoms with E-state index in [1.807, 2.05) is 38.1 Å². The number of carbonyl (C=O) groups is 1. The van der Waals surface area contributed by atoms with E-state index < -0.39 is 0 Å². The summed E-state index contributed by atoms with van der Waals surface area (Å²) in [6.45, 7) is 3.17. The Morgan fingerprint density at radius 2 is 1.87 bits per heavy atom. The zero-order valence-electron chi connectivity index (χ0n) is 9.49. The maximum absolute atomic E-state index is 11.5. The normalized spacial score (nSPS) is 10.4. The molecule has 0 aliphatic heterocycles. The molecule has 3 heteroatoms. The van der Waals surface area contributed by atoms with Crippen molar-refractivity contribution in [1.82, 2.24) is 4.90 Å². The molecule has 1 aromatic carbocycles. The molecule has 82 valence electrons. The van der Waals surface area contributed by atoms with E-state index in [2.05, 4.69) is 0 Å². The van der Waals surface area contributed by atoms with Gasteiger partial charge in [0.15, 0.2) is 0 Å². The summed E-state index contributed by atoms with van der Waals surface area (Å²) in [6.07, 6.45) is 0. The van der Waals surface area contributed by atoms with Crippen LogP contribution < -0.4 is 0 Å². The fourth-order valence-corrected chi connectivity index (χ4v) is 1.09. The lowest BCUT2D eigenvalue weighted by Crippen LogP contribution is -2.20. The number of carbonyl (C=O) groups excluding carboxylic acids is 1. The molecular weight excluding hydrogens is 190 g/mol. The molecule has 15 heavy (non-hydrogen) atoms. The van der Waals surface area contributed by atoms with E-state index in [-0.39, 0.29) is 5.97 Å². The van der Waals surface area contributed by atoms with Crippen LogP contribution in [-0.2, 0) is 4.74 Å². The van der Waals surface area contributed by atoms with Gasteiger partial charge in [0.05, 0.1) is 5.56 Å². The van der Waals surface area contributed by atoms with Gasteiger partial charge in [0.2, 0.25) is 0 Å². The van der Waals surface area contributed by atoms with Crippen LogP contribution in [0.1, 0.15) is 15.9 Å². The fraction of sp³-hybridized carbons (Fsp3) is 0.417. The first-order valence-electron chi connectivity index (χ1n) is 4.98. The van der Waals surface area contributed by atoms with Crippen molar-refractivity contribution in [3.63, 3.8) is 0 Å². The molecule has 0 aliphatic rings. The fourth-order valence-electron chi connectivity index (χ4n) is 1.09. The number of benzene rings is 1. The van der Waals surface area contributed by atoms with E-state index in [1.54, 1.807) is 12.1 Å². The zero-order valence-corrected chi connectivity index (χ0v) is 9.49. The number of ether oxygens (including phenoxy) is 1. The van der Waals surface area contributed by atoms with Gasteiger partial charge in [-0.3, -0.25) is 0 Å². The third-order valence-electron chi connectivity index (χ3n) is 2.06. The van der Waals surface area contributed by atoms with Crippen molar-refractivity contribution in [2.75, 3.05) is 27.2 Å². The lowest BCUT2D eigenvalue weighted by molar-refractivity contribution is 0.0482. The molecule has 0 unspecified atom stereocenters. The van der Waals surface area contributed by atoms with E-state index in [0.717, 1.165) is 12.1 Å². The number of aryl methyl sites for hydroxylation is 1. The first kappa shape index (κ1) is 11.7. The highest BCUT2D eigenvalue weighted by Crippen LogP contribution is 2.04. The molecule has 0 saturated heterocycles. The molecule has 0 spiro atoms. The van der Waals surface area contributed by atoms with Gasteiger partial charge in [-0.25, -0.2) is 4.79 Å². The van der Waals surface area contributed by atoms with Crippen LogP contribution in [0.5, 0.6) is 0 Å². The molecule has 0 N–H and O–H groups in total. The summed E-state index contributed by atoms with van der Waals surface area (Å²) in [5, 5.41) is 0. The molecule has 0 atom stereocenters. The van der Waals surface area contributed by atoms with Gasteiger partial charge in [0.1, 0.15) is 6.61 Å². The SMILES string of the molecule is Cc1ccc(C(=O)OCCN(C)C)cc1. The Morgan fingerprint density at radius 1 is 1.27 bits per heavy atom. The monoisotopic (exact) mass is 207 g/mol.